The van der Waals surface area contributed by atoms with E-state index in [1.807, 2.05) is 0 Å². The fourth-order valence-corrected chi connectivity index (χ4v) is 1.61. The van der Waals surface area contributed by atoms with Crippen molar-refractivity contribution in [3.05, 3.63) is 30.0 Å². The van der Waals surface area contributed by atoms with Crippen LogP contribution in [0.15, 0.2) is 28.8 Å². The van der Waals surface area contributed by atoms with Gasteiger partial charge in [-0.05, 0) is 18.2 Å². The van der Waals surface area contributed by atoms with E-state index in [2.05, 4.69) is 15.2 Å². The molecule has 0 aliphatic heterocycles. The quantitative estimate of drug-likeness (QED) is 0.730. The third kappa shape index (κ3) is 1.61. The standard InChI is InChI=1S/C11H8N4O3/c1-15-12-5-8(14-15)10-13-7-4-6(11(16)17)2-3-9(7)18-10/h2-5H,1H3,(H,16,17). The zero-order chi connectivity index (χ0) is 12.7. The number of aryl methyl sites for hydroxylation is 1. The van der Waals surface area contributed by atoms with Gasteiger partial charge in [-0.1, -0.05) is 0 Å². The number of carboxylic acids is 1. The molecule has 0 unspecified atom stereocenters. The molecule has 3 aromatic rings. The summed E-state index contributed by atoms with van der Waals surface area (Å²) in [4.78, 5) is 16.4. The van der Waals surface area contributed by atoms with Crippen molar-refractivity contribution in [3.8, 4) is 11.6 Å². The minimum absolute atomic E-state index is 0.168. The minimum atomic E-state index is -0.999. The van der Waals surface area contributed by atoms with Gasteiger partial charge >= 0.3 is 5.97 Å². The predicted octanol–water partition coefficient (Wildman–Crippen LogP) is 1.32. The lowest BCUT2D eigenvalue weighted by Crippen LogP contribution is -1.94. The van der Waals surface area contributed by atoms with Gasteiger partial charge in [-0.15, -0.1) is 5.10 Å². The highest BCUT2D eigenvalue weighted by Gasteiger charge is 2.13. The Morgan fingerprint density at radius 1 is 1.44 bits per heavy atom. The number of aromatic nitrogens is 4. The van der Waals surface area contributed by atoms with E-state index in [4.69, 9.17) is 9.52 Å². The highest BCUT2D eigenvalue weighted by molar-refractivity contribution is 5.92. The van der Waals surface area contributed by atoms with Crippen molar-refractivity contribution in [2.45, 2.75) is 0 Å². The predicted molar refractivity (Wildman–Crippen MR) is 61.0 cm³/mol. The average molecular weight is 244 g/mol. The summed E-state index contributed by atoms with van der Waals surface area (Å²) in [5.41, 5.74) is 1.67. The molecule has 0 saturated carbocycles. The Morgan fingerprint density at radius 3 is 2.94 bits per heavy atom. The second-order valence-electron chi connectivity index (χ2n) is 3.73. The van der Waals surface area contributed by atoms with Crippen molar-refractivity contribution in [2.24, 2.45) is 7.05 Å². The number of carbonyl (C=O) groups is 1. The summed E-state index contributed by atoms with van der Waals surface area (Å²) >= 11 is 0. The van der Waals surface area contributed by atoms with E-state index in [1.165, 1.54) is 23.1 Å². The van der Waals surface area contributed by atoms with E-state index in [-0.39, 0.29) is 5.56 Å². The summed E-state index contributed by atoms with van der Waals surface area (Å²) in [5, 5.41) is 16.9. The molecule has 1 N–H and O–H groups in total. The maximum atomic E-state index is 10.8. The van der Waals surface area contributed by atoms with Crippen LogP contribution in [0.25, 0.3) is 22.7 Å². The third-order valence-electron chi connectivity index (χ3n) is 2.45. The monoisotopic (exact) mass is 244 g/mol. The van der Waals surface area contributed by atoms with Gasteiger partial charge in [0.2, 0.25) is 5.89 Å². The van der Waals surface area contributed by atoms with Gasteiger partial charge < -0.3 is 9.52 Å². The topological polar surface area (TPSA) is 94.0 Å². The molecule has 7 nitrogen and oxygen atoms in total. The molecular weight excluding hydrogens is 236 g/mol. The molecule has 0 radical (unpaired) electrons. The first-order chi connectivity index (χ1) is 8.63. The smallest absolute Gasteiger partial charge is 0.335 e. The number of hydrogen-bond acceptors (Lipinski definition) is 5. The lowest BCUT2D eigenvalue weighted by molar-refractivity contribution is 0.0697. The van der Waals surface area contributed by atoms with E-state index < -0.39 is 5.97 Å². The molecule has 0 fully saturated rings. The summed E-state index contributed by atoms with van der Waals surface area (Å²) in [7, 11) is 1.69. The maximum absolute atomic E-state index is 10.8. The Bertz CT molecular complexity index is 744. The molecule has 1 aromatic carbocycles. The van der Waals surface area contributed by atoms with Crippen LogP contribution in [0.1, 0.15) is 10.4 Å². The SMILES string of the molecule is Cn1ncc(-c2nc3cc(C(=O)O)ccc3o2)n1. The molecular formula is C11H8N4O3. The van der Waals surface area contributed by atoms with Crippen molar-refractivity contribution in [3.63, 3.8) is 0 Å². The number of rotatable bonds is 2. The van der Waals surface area contributed by atoms with Crippen molar-refractivity contribution in [1.82, 2.24) is 20.0 Å². The van der Waals surface area contributed by atoms with E-state index in [1.54, 1.807) is 13.1 Å². The summed E-state index contributed by atoms with van der Waals surface area (Å²) in [6.45, 7) is 0. The third-order valence-corrected chi connectivity index (χ3v) is 2.45. The Kier molecular flexibility index (Phi) is 2.12. The van der Waals surface area contributed by atoms with Gasteiger partial charge in [-0.2, -0.15) is 9.90 Å². The molecule has 3 rings (SSSR count). The Hall–Kier alpha value is -2.70. The van der Waals surface area contributed by atoms with Crippen LogP contribution < -0.4 is 0 Å². The van der Waals surface area contributed by atoms with Crippen LogP contribution in [0.4, 0.5) is 0 Å². The number of benzene rings is 1. The van der Waals surface area contributed by atoms with E-state index >= 15 is 0 Å². The zero-order valence-electron chi connectivity index (χ0n) is 9.36. The summed E-state index contributed by atoms with van der Waals surface area (Å²) in [6, 6.07) is 4.50. The Labute approximate surface area is 101 Å². The number of nitrogens with zero attached hydrogens (tertiary/aromatic N) is 4. The van der Waals surface area contributed by atoms with Crippen LogP contribution in [0.5, 0.6) is 0 Å². The number of carboxylic acid groups (broad SMARTS) is 1. The molecule has 7 heteroatoms. The minimum Gasteiger partial charge on any atom is -0.478 e. The molecule has 0 spiro atoms. The Balaban J connectivity index is 2.13. The fraction of sp³-hybridized carbons (Fsp3) is 0.0909. The summed E-state index contributed by atoms with van der Waals surface area (Å²) in [5.74, 6) is -0.679. The van der Waals surface area contributed by atoms with Crippen molar-refractivity contribution >= 4 is 17.1 Å². The highest BCUT2D eigenvalue weighted by atomic mass is 16.4. The number of hydrogen-bond donors (Lipinski definition) is 1. The van der Waals surface area contributed by atoms with Crippen LogP contribution in [-0.4, -0.2) is 31.1 Å². The van der Waals surface area contributed by atoms with Gasteiger partial charge in [0, 0.05) is 7.05 Å². The molecule has 0 atom stereocenters. The van der Waals surface area contributed by atoms with E-state index in [0.29, 0.717) is 22.7 Å². The van der Waals surface area contributed by atoms with Crippen LogP contribution in [-0.2, 0) is 7.05 Å². The first-order valence-corrected chi connectivity index (χ1v) is 5.14. The van der Waals surface area contributed by atoms with Gasteiger partial charge in [-0.25, -0.2) is 9.78 Å². The molecule has 2 aromatic heterocycles. The average Bonchev–Trinajstić information content (AvgIpc) is 2.93. The first kappa shape index (κ1) is 10.5. The molecule has 2 heterocycles. The number of oxazole rings is 1. The van der Waals surface area contributed by atoms with Gasteiger partial charge in [-0.3, -0.25) is 0 Å². The maximum Gasteiger partial charge on any atom is 0.335 e. The van der Waals surface area contributed by atoms with Crippen molar-refractivity contribution in [2.75, 3.05) is 0 Å². The Morgan fingerprint density at radius 2 is 2.28 bits per heavy atom. The highest BCUT2D eigenvalue weighted by Crippen LogP contribution is 2.23. The molecule has 90 valence electrons. The molecule has 0 aliphatic carbocycles. The lowest BCUT2D eigenvalue weighted by atomic mass is 10.2. The summed E-state index contributed by atoms with van der Waals surface area (Å²) in [6.07, 6.45) is 1.53. The number of fused-ring (bicyclic) bond motifs is 1. The van der Waals surface area contributed by atoms with Crippen LogP contribution >= 0.6 is 0 Å². The normalized spacial score (nSPS) is 10.9. The van der Waals surface area contributed by atoms with Gasteiger partial charge in [0.15, 0.2) is 11.3 Å². The van der Waals surface area contributed by atoms with Crippen molar-refractivity contribution in [1.29, 1.82) is 0 Å². The van der Waals surface area contributed by atoms with E-state index in [0.717, 1.165) is 0 Å². The molecule has 0 saturated heterocycles. The van der Waals surface area contributed by atoms with Crippen LogP contribution in [0.2, 0.25) is 0 Å². The summed E-state index contributed by atoms with van der Waals surface area (Å²) < 4.78 is 5.48. The van der Waals surface area contributed by atoms with Gasteiger partial charge in [0.05, 0.1) is 11.8 Å². The molecule has 0 amide bonds. The molecule has 18 heavy (non-hydrogen) atoms. The van der Waals surface area contributed by atoms with Crippen LogP contribution in [0, 0.1) is 0 Å². The molecule has 0 bridgehead atoms. The second kappa shape index (κ2) is 3.66. The van der Waals surface area contributed by atoms with Crippen LogP contribution in [0.3, 0.4) is 0 Å². The lowest BCUT2D eigenvalue weighted by Gasteiger charge is -1.91. The van der Waals surface area contributed by atoms with Gasteiger partial charge in [0.25, 0.3) is 0 Å². The second-order valence-corrected chi connectivity index (χ2v) is 3.73. The molecule has 0 aliphatic rings. The number of aromatic carboxylic acids is 1. The van der Waals surface area contributed by atoms with Gasteiger partial charge in [0.1, 0.15) is 5.52 Å². The zero-order valence-corrected chi connectivity index (χ0v) is 9.36. The van der Waals surface area contributed by atoms with E-state index in [9.17, 15) is 4.79 Å². The largest absolute Gasteiger partial charge is 0.478 e. The fourth-order valence-electron chi connectivity index (χ4n) is 1.61. The van der Waals surface area contributed by atoms with Crippen molar-refractivity contribution < 1.29 is 14.3 Å². The first-order valence-electron chi connectivity index (χ1n) is 5.14.